The highest BCUT2D eigenvalue weighted by Gasteiger charge is 2.39. The van der Waals surface area contributed by atoms with Crippen LogP contribution in [0.4, 0.5) is 0 Å². The Morgan fingerprint density at radius 1 is 0.184 bits per heavy atom. The molecular weight excluding hydrogens is 1240 g/mol. The Morgan fingerprint density at radius 2 is 0.515 bits per heavy atom. The Labute approximate surface area is 599 Å². The van der Waals surface area contributed by atoms with Crippen molar-refractivity contribution < 1.29 is 4.42 Å². The Bertz CT molecular complexity index is 6580. The number of fused-ring (bicyclic) bond motifs is 15. The van der Waals surface area contributed by atoms with Gasteiger partial charge in [0, 0.05) is 32.7 Å². The van der Waals surface area contributed by atoms with E-state index in [0.29, 0.717) is 0 Å². The fourth-order valence-electron chi connectivity index (χ4n) is 18.0. The maximum Gasteiger partial charge on any atom is 0.143 e. The summed E-state index contributed by atoms with van der Waals surface area (Å²) in [5.74, 6) is 0. The fraction of sp³-hybridized carbons (Fsp3) is 0.0588. The van der Waals surface area contributed by atoms with Crippen LogP contribution in [0.1, 0.15) is 49.9 Å². The van der Waals surface area contributed by atoms with E-state index in [1.165, 1.54) is 181 Å². The molecule has 484 valence electrons. The molecule has 2 aliphatic rings. The standard InChI is InChI=1S/C51H34O.C51H36/c1-51(2)44-23-12-20-35(49(44)43-29-33-13-3-4-14-34(33)30-45(43)51)31-25-27-32(28-26-31)47-37-16-5-7-18-39(37)48(40-19-8-6-17-38(40)47)42-22-11-21-41-36-15-9-10-24-46(36)52-50(41)42;1-51(2)46-25-13-24-40(50(46)45-31-36-16-6-7-17-37(36)32-47(45)51)38-18-12-19-39(30-38)49-43-22-10-8-20-41(43)48(42-21-9-11-23-44(42)49)35-28-26-34(27-29-35)33-14-4-3-5-15-33/h3-30H,1-2H3;3-32H,1-2H3. The predicted molar refractivity (Wildman–Crippen MR) is 438 cm³/mol. The van der Waals surface area contributed by atoms with Gasteiger partial charge in [-0.2, -0.15) is 0 Å². The molecule has 2 aliphatic carbocycles. The quantitative estimate of drug-likeness (QED) is 0.145. The first-order chi connectivity index (χ1) is 50.6. The molecule has 1 heterocycles. The minimum absolute atomic E-state index is 0.0725. The van der Waals surface area contributed by atoms with E-state index < -0.39 is 0 Å². The summed E-state index contributed by atoms with van der Waals surface area (Å²) in [7, 11) is 0. The van der Waals surface area contributed by atoms with Crippen molar-refractivity contribution in [1.82, 2.24) is 0 Å². The van der Waals surface area contributed by atoms with Crippen molar-refractivity contribution in [1.29, 1.82) is 0 Å². The summed E-state index contributed by atoms with van der Waals surface area (Å²) >= 11 is 0. The molecule has 21 rings (SSSR count). The molecule has 0 unspecified atom stereocenters. The van der Waals surface area contributed by atoms with E-state index in [2.05, 4.69) is 373 Å². The van der Waals surface area contributed by atoms with Crippen LogP contribution in [-0.2, 0) is 10.8 Å². The minimum Gasteiger partial charge on any atom is -0.455 e. The van der Waals surface area contributed by atoms with Gasteiger partial charge in [-0.15, -0.1) is 0 Å². The normalized spacial score (nSPS) is 13.2. The van der Waals surface area contributed by atoms with E-state index in [1.807, 2.05) is 6.07 Å². The Kier molecular flexibility index (Phi) is 13.7. The summed E-state index contributed by atoms with van der Waals surface area (Å²) in [6.45, 7) is 9.49. The zero-order valence-corrected chi connectivity index (χ0v) is 57.9. The second kappa shape index (κ2) is 23.5. The molecule has 18 aromatic carbocycles. The molecule has 1 nitrogen and oxygen atoms in total. The summed E-state index contributed by atoms with van der Waals surface area (Å²) in [5.41, 5.74) is 30.1. The summed E-state index contributed by atoms with van der Waals surface area (Å²) in [4.78, 5) is 0. The predicted octanol–water partition coefficient (Wildman–Crippen LogP) is 28.5. The van der Waals surface area contributed by atoms with Gasteiger partial charge in [0.25, 0.3) is 0 Å². The molecule has 0 saturated carbocycles. The first kappa shape index (κ1) is 60.3. The molecule has 0 spiro atoms. The average Bonchev–Trinajstić information content (AvgIpc) is 1.59. The molecule has 0 saturated heterocycles. The fourth-order valence-corrected chi connectivity index (χ4v) is 18.0. The van der Waals surface area contributed by atoms with Crippen LogP contribution in [0, 0.1) is 0 Å². The van der Waals surface area contributed by atoms with Crippen LogP contribution < -0.4 is 0 Å². The maximum absolute atomic E-state index is 6.59. The van der Waals surface area contributed by atoms with Crippen LogP contribution in [0.2, 0.25) is 0 Å². The lowest BCUT2D eigenvalue weighted by Crippen LogP contribution is -2.14. The van der Waals surface area contributed by atoms with Crippen molar-refractivity contribution in [2.75, 3.05) is 0 Å². The lowest BCUT2D eigenvalue weighted by molar-refractivity contribution is 0.661. The van der Waals surface area contributed by atoms with Crippen molar-refractivity contribution in [2.45, 2.75) is 38.5 Å². The van der Waals surface area contributed by atoms with Crippen molar-refractivity contribution in [3.63, 3.8) is 0 Å². The third kappa shape index (κ3) is 9.46. The van der Waals surface area contributed by atoms with Crippen LogP contribution in [-0.4, -0.2) is 0 Å². The van der Waals surface area contributed by atoms with Gasteiger partial charge in [-0.05, 0) is 212 Å². The highest BCUT2D eigenvalue weighted by atomic mass is 16.3. The van der Waals surface area contributed by atoms with Crippen molar-refractivity contribution in [2.24, 2.45) is 0 Å². The molecule has 103 heavy (non-hydrogen) atoms. The Morgan fingerprint density at radius 3 is 1.01 bits per heavy atom. The highest BCUT2D eigenvalue weighted by molar-refractivity contribution is 6.25. The molecule has 0 amide bonds. The SMILES string of the molecule is CC1(C)c2cc3ccccc3cc2-c2c(-c3ccc(-c4c5ccccc5c(-c5cccc6c5oc5ccccc56)c5ccccc45)cc3)cccc21.CC1(C)c2cc3ccccc3cc2-c2c(-c3cccc(-c4c5ccccc5c(-c5ccc(-c6ccccc6)cc5)c5ccccc45)c3)cccc21. The zero-order valence-electron chi connectivity index (χ0n) is 57.9. The molecule has 0 aliphatic heterocycles. The van der Waals surface area contributed by atoms with Gasteiger partial charge >= 0.3 is 0 Å². The molecule has 0 fully saturated rings. The Balaban J connectivity index is 0.000000138. The second-order valence-electron chi connectivity index (χ2n) is 29.3. The van der Waals surface area contributed by atoms with Crippen LogP contribution in [0.3, 0.4) is 0 Å². The number of rotatable bonds is 7. The maximum atomic E-state index is 6.59. The lowest BCUT2D eigenvalue weighted by Gasteiger charge is -2.22. The molecule has 0 atom stereocenters. The molecular formula is C102H70O. The topological polar surface area (TPSA) is 13.1 Å². The lowest BCUT2D eigenvalue weighted by atomic mass is 9.81. The number of hydrogen-bond acceptors (Lipinski definition) is 1. The number of benzene rings is 18. The van der Waals surface area contributed by atoms with E-state index in [-0.39, 0.29) is 10.8 Å². The van der Waals surface area contributed by atoms with Gasteiger partial charge in [0.05, 0.1) is 0 Å². The number of hydrogen-bond donors (Lipinski definition) is 0. The molecule has 0 radical (unpaired) electrons. The van der Waals surface area contributed by atoms with Crippen LogP contribution in [0.15, 0.2) is 356 Å². The van der Waals surface area contributed by atoms with Gasteiger partial charge in [-0.1, -0.05) is 343 Å². The summed E-state index contributed by atoms with van der Waals surface area (Å²) < 4.78 is 6.59. The van der Waals surface area contributed by atoms with E-state index in [0.717, 1.165) is 27.5 Å². The van der Waals surface area contributed by atoms with Crippen molar-refractivity contribution in [3.05, 3.63) is 374 Å². The van der Waals surface area contributed by atoms with E-state index in [1.54, 1.807) is 0 Å². The second-order valence-corrected chi connectivity index (χ2v) is 29.3. The van der Waals surface area contributed by atoms with Gasteiger partial charge in [-0.25, -0.2) is 0 Å². The third-order valence-electron chi connectivity index (χ3n) is 22.9. The molecule has 0 bridgehead atoms. The molecule has 1 aromatic heterocycles. The van der Waals surface area contributed by atoms with Crippen molar-refractivity contribution >= 4 is 86.6 Å². The van der Waals surface area contributed by atoms with Gasteiger partial charge in [-0.3, -0.25) is 0 Å². The average molecular weight is 1310 g/mol. The van der Waals surface area contributed by atoms with Gasteiger partial charge in [0.2, 0.25) is 0 Å². The zero-order chi connectivity index (χ0) is 68.7. The minimum atomic E-state index is -0.0795. The monoisotopic (exact) mass is 1310 g/mol. The van der Waals surface area contributed by atoms with E-state index in [4.69, 9.17) is 4.42 Å². The molecule has 0 N–H and O–H groups in total. The first-order valence-electron chi connectivity index (χ1n) is 36.1. The largest absolute Gasteiger partial charge is 0.455 e. The van der Waals surface area contributed by atoms with Crippen LogP contribution in [0.25, 0.3) is 187 Å². The highest BCUT2D eigenvalue weighted by Crippen LogP contribution is 2.56. The van der Waals surface area contributed by atoms with Crippen LogP contribution in [0.5, 0.6) is 0 Å². The van der Waals surface area contributed by atoms with Gasteiger partial charge in [0.15, 0.2) is 0 Å². The summed E-state index contributed by atoms with van der Waals surface area (Å²) in [5, 5.41) is 17.5. The van der Waals surface area contributed by atoms with E-state index >= 15 is 0 Å². The van der Waals surface area contributed by atoms with Crippen LogP contribution >= 0.6 is 0 Å². The summed E-state index contributed by atoms with van der Waals surface area (Å²) in [6.07, 6.45) is 0. The number of para-hydroxylation sites is 2. The summed E-state index contributed by atoms with van der Waals surface area (Å²) in [6, 6.07) is 130. The third-order valence-corrected chi connectivity index (χ3v) is 22.9. The molecule has 19 aromatic rings. The van der Waals surface area contributed by atoms with E-state index in [9.17, 15) is 0 Å². The number of furan rings is 1. The Hall–Kier alpha value is -12.7. The molecule has 1 heteroatoms. The van der Waals surface area contributed by atoms with Crippen molar-refractivity contribution in [3.8, 4) is 100 Å². The van der Waals surface area contributed by atoms with Gasteiger partial charge in [0.1, 0.15) is 11.2 Å². The smallest absolute Gasteiger partial charge is 0.143 e. The van der Waals surface area contributed by atoms with Gasteiger partial charge < -0.3 is 4.42 Å². The first-order valence-corrected chi connectivity index (χ1v) is 36.1.